The first-order chi connectivity index (χ1) is 10.8. The SMILES string of the molecule is Cc1ccccc1S(=O)(=O)NCCS(=O)(=O)NCc1ccco1. The van der Waals surface area contributed by atoms with Crippen molar-refractivity contribution in [3.63, 3.8) is 0 Å². The molecule has 126 valence electrons. The van der Waals surface area contributed by atoms with Crippen LogP contribution in [0.1, 0.15) is 11.3 Å². The Labute approximate surface area is 135 Å². The van der Waals surface area contributed by atoms with Gasteiger partial charge in [0.1, 0.15) is 5.76 Å². The number of aryl methyl sites for hydroxylation is 1. The van der Waals surface area contributed by atoms with Crippen LogP contribution in [0, 0.1) is 6.92 Å². The minimum Gasteiger partial charge on any atom is -0.468 e. The van der Waals surface area contributed by atoms with Gasteiger partial charge >= 0.3 is 0 Å². The molecule has 2 aromatic rings. The standard InChI is InChI=1S/C14H18N2O5S2/c1-12-5-2-3-7-14(12)23(19,20)15-8-10-22(17,18)16-11-13-6-4-9-21-13/h2-7,9,15-16H,8,10-11H2,1H3. The zero-order chi connectivity index (χ0) is 16.9. The van der Waals surface area contributed by atoms with Crippen LogP contribution in [0.4, 0.5) is 0 Å². The van der Waals surface area contributed by atoms with E-state index in [1.165, 1.54) is 12.3 Å². The van der Waals surface area contributed by atoms with Crippen LogP contribution in [0.2, 0.25) is 0 Å². The molecule has 0 unspecified atom stereocenters. The van der Waals surface area contributed by atoms with Crippen LogP contribution in [0.5, 0.6) is 0 Å². The highest BCUT2D eigenvalue weighted by Gasteiger charge is 2.18. The molecule has 7 nitrogen and oxygen atoms in total. The highest BCUT2D eigenvalue weighted by Crippen LogP contribution is 2.13. The Morgan fingerprint density at radius 2 is 1.74 bits per heavy atom. The predicted octanol–water partition coefficient (Wildman–Crippen LogP) is 0.986. The van der Waals surface area contributed by atoms with E-state index >= 15 is 0 Å². The molecule has 1 aromatic carbocycles. The third kappa shape index (κ3) is 5.17. The van der Waals surface area contributed by atoms with Gasteiger partial charge in [0.05, 0.1) is 23.5 Å². The lowest BCUT2D eigenvalue weighted by Gasteiger charge is -2.09. The van der Waals surface area contributed by atoms with Crippen LogP contribution >= 0.6 is 0 Å². The van der Waals surface area contributed by atoms with Crippen LogP contribution in [0.25, 0.3) is 0 Å². The van der Waals surface area contributed by atoms with E-state index in [1.807, 2.05) is 0 Å². The zero-order valence-electron chi connectivity index (χ0n) is 12.5. The fourth-order valence-corrected chi connectivity index (χ4v) is 4.19. The average molecular weight is 358 g/mol. The molecule has 0 amide bonds. The Hall–Kier alpha value is -1.68. The van der Waals surface area contributed by atoms with E-state index in [2.05, 4.69) is 9.44 Å². The van der Waals surface area contributed by atoms with E-state index in [4.69, 9.17) is 4.42 Å². The first kappa shape index (κ1) is 17.7. The Morgan fingerprint density at radius 1 is 1.00 bits per heavy atom. The topological polar surface area (TPSA) is 105 Å². The van der Waals surface area contributed by atoms with Crippen LogP contribution in [-0.2, 0) is 26.6 Å². The van der Waals surface area contributed by atoms with Gasteiger partial charge in [-0.1, -0.05) is 18.2 Å². The molecule has 1 heterocycles. The fraction of sp³-hybridized carbons (Fsp3) is 0.286. The minimum absolute atomic E-state index is 0.0277. The van der Waals surface area contributed by atoms with Crippen molar-refractivity contribution < 1.29 is 21.3 Å². The van der Waals surface area contributed by atoms with Gasteiger partial charge in [0.25, 0.3) is 0 Å². The second-order valence-corrected chi connectivity index (χ2v) is 8.54. The summed E-state index contributed by atoms with van der Waals surface area (Å²) < 4.78 is 57.6. The van der Waals surface area contributed by atoms with Gasteiger partial charge in [-0.3, -0.25) is 0 Å². The first-order valence-electron chi connectivity index (χ1n) is 6.85. The van der Waals surface area contributed by atoms with Gasteiger partial charge in [0.15, 0.2) is 0 Å². The molecule has 0 saturated carbocycles. The van der Waals surface area contributed by atoms with Gasteiger partial charge in [-0.25, -0.2) is 26.3 Å². The zero-order valence-corrected chi connectivity index (χ0v) is 14.2. The summed E-state index contributed by atoms with van der Waals surface area (Å²) in [6.45, 7) is 1.49. The quantitative estimate of drug-likeness (QED) is 0.732. The van der Waals surface area contributed by atoms with Crippen LogP contribution in [0.3, 0.4) is 0 Å². The second-order valence-electron chi connectivity index (χ2n) is 4.88. The summed E-state index contributed by atoms with van der Waals surface area (Å²) in [6, 6.07) is 9.79. The molecule has 9 heteroatoms. The molecule has 0 aliphatic heterocycles. The first-order valence-corrected chi connectivity index (χ1v) is 9.99. The van der Waals surface area contributed by atoms with Crippen LogP contribution in [0.15, 0.2) is 52.0 Å². The maximum atomic E-state index is 12.1. The third-order valence-electron chi connectivity index (χ3n) is 3.09. The van der Waals surface area contributed by atoms with Crippen molar-refractivity contribution in [2.45, 2.75) is 18.4 Å². The number of hydrogen-bond donors (Lipinski definition) is 2. The van der Waals surface area contributed by atoms with Gasteiger partial charge in [0, 0.05) is 6.54 Å². The van der Waals surface area contributed by atoms with Gasteiger partial charge in [0.2, 0.25) is 20.0 Å². The van der Waals surface area contributed by atoms with Crippen molar-refractivity contribution in [2.24, 2.45) is 0 Å². The maximum Gasteiger partial charge on any atom is 0.240 e. The van der Waals surface area contributed by atoms with Crippen LogP contribution in [-0.4, -0.2) is 29.1 Å². The number of benzene rings is 1. The second kappa shape index (κ2) is 7.26. The summed E-state index contributed by atoms with van der Waals surface area (Å²) in [4.78, 5) is 0.140. The van der Waals surface area contributed by atoms with Crippen molar-refractivity contribution >= 4 is 20.0 Å². The van der Waals surface area contributed by atoms with Gasteiger partial charge in [-0.2, -0.15) is 0 Å². The third-order valence-corrected chi connectivity index (χ3v) is 6.04. The number of sulfonamides is 2. The van der Waals surface area contributed by atoms with Crippen molar-refractivity contribution in [1.82, 2.24) is 9.44 Å². The molecule has 0 bridgehead atoms. The number of nitrogens with one attached hydrogen (secondary N) is 2. The Morgan fingerprint density at radius 3 is 2.39 bits per heavy atom. The van der Waals surface area contributed by atoms with E-state index in [0.717, 1.165) is 0 Å². The Kier molecular flexibility index (Phi) is 5.58. The molecule has 0 atom stereocenters. The summed E-state index contributed by atoms with van der Waals surface area (Å²) in [5, 5.41) is 0. The normalized spacial score (nSPS) is 12.4. The largest absolute Gasteiger partial charge is 0.468 e. The Bertz CT molecular complexity index is 843. The monoisotopic (exact) mass is 358 g/mol. The van der Waals surface area contributed by atoms with Crippen molar-refractivity contribution in [1.29, 1.82) is 0 Å². The molecule has 23 heavy (non-hydrogen) atoms. The summed E-state index contributed by atoms with van der Waals surface area (Å²) in [6.07, 6.45) is 1.44. The molecule has 1 aromatic heterocycles. The van der Waals surface area contributed by atoms with E-state index in [-0.39, 0.29) is 23.7 Å². The van der Waals surface area contributed by atoms with E-state index in [1.54, 1.807) is 37.3 Å². The lowest BCUT2D eigenvalue weighted by atomic mass is 10.2. The molecule has 0 aliphatic rings. The smallest absolute Gasteiger partial charge is 0.240 e. The highest BCUT2D eigenvalue weighted by molar-refractivity contribution is 7.90. The summed E-state index contributed by atoms with van der Waals surface area (Å²) in [5.74, 6) is 0.118. The molecule has 0 spiro atoms. The molecule has 0 radical (unpaired) electrons. The van der Waals surface area contributed by atoms with Gasteiger partial charge in [-0.15, -0.1) is 0 Å². The van der Waals surface area contributed by atoms with E-state index in [0.29, 0.717) is 11.3 Å². The molecule has 0 aliphatic carbocycles. The van der Waals surface area contributed by atoms with Crippen molar-refractivity contribution in [3.8, 4) is 0 Å². The lowest BCUT2D eigenvalue weighted by molar-refractivity contribution is 0.498. The number of rotatable bonds is 8. The molecule has 2 rings (SSSR count). The molecular weight excluding hydrogens is 340 g/mol. The minimum atomic E-state index is -3.73. The number of furan rings is 1. The average Bonchev–Trinajstić information content (AvgIpc) is 2.98. The Balaban J connectivity index is 1.89. The van der Waals surface area contributed by atoms with Crippen LogP contribution < -0.4 is 9.44 Å². The summed E-state index contributed by atoms with van der Waals surface area (Å²) in [7, 11) is -7.34. The molecule has 2 N–H and O–H groups in total. The predicted molar refractivity (Wildman–Crippen MR) is 85.7 cm³/mol. The van der Waals surface area contributed by atoms with E-state index in [9.17, 15) is 16.8 Å². The highest BCUT2D eigenvalue weighted by atomic mass is 32.2. The number of hydrogen-bond acceptors (Lipinski definition) is 5. The van der Waals surface area contributed by atoms with Crippen molar-refractivity contribution in [3.05, 3.63) is 54.0 Å². The fourth-order valence-electron chi connectivity index (χ4n) is 1.91. The van der Waals surface area contributed by atoms with Gasteiger partial charge < -0.3 is 4.42 Å². The maximum absolute atomic E-state index is 12.1. The summed E-state index contributed by atoms with van der Waals surface area (Å²) >= 11 is 0. The summed E-state index contributed by atoms with van der Waals surface area (Å²) in [5.41, 5.74) is 0.596. The molecule has 0 saturated heterocycles. The van der Waals surface area contributed by atoms with Crippen molar-refractivity contribution in [2.75, 3.05) is 12.3 Å². The van der Waals surface area contributed by atoms with Gasteiger partial charge in [-0.05, 0) is 30.7 Å². The molecular formula is C14H18N2O5S2. The van der Waals surface area contributed by atoms with E-state index < -0.39 is 20.0 Å². The molecule has 0 fully saturated rings. The lowest BCUT2D eigenvalue weighted by Crippen LogP contribution is -2.34.